The number of hydrogen-bond acceptors (Lipinski definition) is 5. The summed E-state index contributed by atoms with van der Waals surface area (Å²) in [5.74, 6) is 0.622. The molecule has 0 aromatic heterocycles. The van der Waals surface area contributed by atoms with Crippen molar-refractivity contribution in [3.05, 3.63) is 57.6 Å². The average molecular weight is 441 g/mol. The average Bonchev–Trinajstić information content (AvgIpc) is 3.00. The van der Waals surface area contributed by atoms with Crippen LogP contribution in [-0.4, -0.2) is 51.8 Å². The highest BCUT2D eigenvalue weighted by Gasteiger charge is 2.40. The molecule has 1 saturated heterocycles. The number of nitrogens with one attached hydrogen (secondary N) is 1. The SMILES string of the molecule is CS(=O)(=O)c1ccc(O[C@H]2c3c(Cl)cc(Cl)cc3C[C@@H]2N2CCNCC2)cc1. The number of sulfone groups is 1. The van der Waals surface area contributed by atoms with Crippen molar-refractivity contribution in [1.29, 1.82) is 0 Å². The fourth-order valence-electron chi connectivity index (χ4n) is 4.03. The third-order valence-corrected chi connectivity index (χ3v) is 7.04. The van der Waals surface area contributed by atoms with E-state index in [1.54, 1.807) is 30.3 Å². The van der Waals surface area contributed by atoms with Crippen molar-refractivity contribution in [1.82, 2.24) is 10.2 Å². The third kappa shape index (κ3) is 4.02. The van der Waals surface area contributed by atoms with Crippen LogP contribution >= 0.6 is 23.2 Å². The molecule has 2 aromatic carbocycles. The number of rotatable bonds is 4. The molecule has 0 spiro atoms. The summed E-state index contributed by atoms with van der Waals surface area (Å²) in [6.07, 6.45) is 1.78. The summed E-state index contributed by atoms with van der Waals surface area (Å²) in [5, 5.41) is 4.61. The summed E-state index contributed by atoms with van der Waals surface area (Å²) in [5.41, 5.74) is 2.08. The van der Waals surface area contributed by atoms with Gasteiger partial charge in [-0.25, -0.2) is 8.42 Å². The summed E-state index contributed by atoms with van der Waals surface area (Å²) in [4.78, 5) is 2.70. The van der Waals surface area contributed by atoms with E-state index in [1.165, 1.54) is 6.26 Å². The van der Waals surface area contributed by atoms with Gasteiger partial charge in [0.2, 0.25) is 0 Å². The highest BCUT2D eigenvalue weighted by atomic mass is 35.5. The Labute approximate surface area is 175 Å². The topological polar surface area (TPSA) is 58.6 Å². The van der Waals surface area contributed by atoms with Gasteiger partial charge in [0.1, 0.15) is 11.9 Å². The molecule has 1 heterocycles. The number of hydrogen-bond donors (Lipinski definition) is 1. The van der Waals surface area contributed by atoms with Crippen molar-refractivity contribution in [3.8, 4) is 5.75 Å². The molecule has 0 saturated carbocycles. The van der Waals surface area contributed by atoms with E-state index in [0.29, 0.717) is 15.8 Å². The van der Waals surface area contributed by atoms with Gasteiger partial charge in [-0.3, -0.25) is 4.90 Å². The van der Waals surface area contributed by atoms with E-state index >= 15 is 0 Å². The standard InChI is InChI=1S/C20H22Cl2N2O3S/c1-28(25,26)16-4-2-15(3-5-16)27-20-18(24-8-6-23-7-9-24)11-13-10-14(21)12-17(22)19(13)20/h2-5,10,12,18,20,23H,6-9,11H2,1H3/t18-,20+/m0/s1. The second kappa shape index (κ2) is 7.84. The fraction of sp³-hybridized carbons (Fsp3) is 0.400. The van der Waals surface area contributed by atoms with E-state index in [2.05, 4.69) is 10.2 Å². The molecule has 5 nitrogen and oxygen atoms in total. The molecular formula is C20H22Cl2N2O3S. The molecule has 1 aliphatic heterocycles. The van der Waals surface area contributed by atoms with Crippen LogP contribution in [0.5, 0.6) is 5.75 Å². The predicted octanol–water partition coefficient (Wildman–Crippen LogP) is 3.35. The molecule has 0 bridgehead atoms. The zero-order chi connectivity index (χ0) is 19.9. The van der Waals surface area contributed by atoms with Crippen LogP contribution in [0.15, 0.2) is 41.3 Å². The predicted molar refractivity (Wildman–Crippen MR) is 111 cm³/mol. The minimum atomic E-state index is -3.24. The zero-order valence-electron chi connectivity index (χ0n) is 15.5. The molecule has 150 valence electrons. The first-order chi connectivity index (χ1) is 13.3. The fourth-order valence-corrected chi connectivity index (χ4v) is 5.31. The number of ether oxygens (including phenoxy) is 1. The van der Waals surface area contributed by atoms with E-state index in [4.69, 9.17) is 27.9 Å². The maximum Gasteiger partial charge on any atom is 0.175 e. The summed E-state index contributed by atoms with van der Waals surface area (Å²) >= 11 is 12.8. The van der Waals surface area contributed by atoms with Gasteiger partial charge >= 0.3 is 0 Å². The number of nitrogens with zero attached hydrogens (tertiary/aromatic N) is 1. The van der Waals surface area contributed by atoms with Crippen LogP contribution in [0, 0.1) is 0 Å². The number of piperazine rings is 1. The van der Waals surface area contributed by atoms with Gasteiger partial charge in [0.15, 0.2) is 9.84 Å². The second-order valence-corrected chi connectivity index (χ2v) is 10.2. The Balaban J connectivity index is 1.67. The molecule has 0 unspecified atom stereocenters. The van der Waals surface area contributed by atoms with Crippen LogP contribution in [-0.2, 0) is 16.3 Å². The van der Waals surface area contributed by atoms with Gasteiger partial charge in [-0.15, -0.1) is 0 Å². The first kappa shape index (κ1) is 20.0. The third-order valence-electron chi connectivity index (χ3n) is 5.38. The van der Waals surface area contributed by atoms with Gasteiger partial charge in [-0.05, 0) is 48.4 Å². The molecule has 2 aliphatic rings. The molecule has 28 heavy (non-hydrogen) atoms. The lowest BCUT2D eigenvalue weighted by Gasteiger charge is -2.36. The quantitative estimate of drug-likeness (QED) is 0.789. The smallest absolute Gasteiger partial charge is 0.175 e. The summed E-state index contributed by atoms with van der Waals surface area (Å²) in [7, 11) is -3.24. The highest BCUT2D eigenvalue weighted by molar-refractivity contribution is 7.90. The number of halogens is 2. The van der Waals surface area contributed by atoms with E-state index in [0.717, 1.165) is 43.7 Å². The van der Waals surface area contributed by atoms with Crippen molar-refractivity contribution in [2.75, 3.05) is 32.4 Å². The summed E-state index contributed by atoms with van der Waals surface area (Å²) in [6.45, 7) is 3.77. The molecular weight excluding hydrogens is 419 g/mol. The Morgan fingerprint density at radius 2 is 1.79 bits per heavy atom. The molecule has 0 radical (unpaired) electrons. The van der Waals surface area contributed by atoms with Gasteiger partial charge < -0.3 is 10.1 Å². The van der Waals surface area contributed by atoms with Crippen LogP contribution in [0.1, 0.15) is 17.2 Å². The summed E-state index contributed by atoms with van der Waals surface area (Å²) in [6, 6.07) is 10.4. The molecule has 1 fully saturated rings. The van der Waals surface area contributed by atoms with Gasteiger partial charge in [0.05, 0.1) is 10.9 Å². The van der Waals surface area contributed by atoms with Crippen LogP contribution in [0.25, 0.3) is 0 Å². The first-order valence-corrected chi connectivity index (χ1v) is 11.9. The van der Waals surface area contributed by atoms with Gasteiger partial charge in [0, 0.05) is 48.0 Å². The Bertz CT molecular complexity index is 974. The summed E-state index contributed by atoms with van der Waals surface area (Å²) < 4.78 is 29.8. The highest BCUT2D eigenvalue weighted by Crippen LogP contribution is 2.43. The maximum absolute atomic E-state index is 11.7. The van der Waals surface area contributed by atoms with Crippen molar-refractivity contribution in [2.24, 2.45) is 0 Å². The molecule has 0 amide bonds. The van der Waals surface area contributed by atoms with Gasteiger partial charge in [-0.2, -0.15) is 0 Å². The Morgan fingerprint density at radius 3 is 2.43 bits per heavy atom. The van der Waals surface area contributed by atoms with Crippen LogP contribution in [0.2, 0.25) is 10.0 Å². The van der Waals surface area contributed by atoms with E-state index < -0.39 is 9.84 Å². The van der Waals surface area contributed by atoms with Crippen LogP contribution in [0.4, 0.5) is 0 Å². The van der Waals surface area contributed by atoms with Crippen molar-refractivity contribution in [3.63, 3.8) is 0 Å². The number of benzene rings is 2. The lowest BCUT2D eigenvalue weighted by molar-refractivity contribution is 0.0694. The molecule has 2 aromatic rings. The molecule has 1 N–H and O–H groups in total. The monoisotopic (exact) mass is 440 g/mol. The molecule has 8 heteroatoms. The largest absolute Gasteiger partial charge is 0.484 e. The minimum Gasteiger partial charge on any atom is -0.484 e. The van der Waals surface area contributed by atoms with E-state index in [-0.39, 0.29) is 17.0 Å². The van der Waals surface area contributed by atoms with Crippen molar-refractivity contribution in [2.45, 2.75) is 23.5 Å². The maximum atomic E-state index is 11.7. The van der Waals surface area contributed by atoms with Crippen molar-refractivity contribution < 1.29 is 13.2 Å². The van der Waals surface area contributed by atoms with Gasteiger partial charge in [0.25, 0.3) is 0 Å². The van der Waals surface area contributed by atoms with Crippen LogP contribution < -0.4 is 10.1 Å². The Morgan fingerprint density at radius 1 is 1.11 bits per heavy atom. The number of fused-ring (bicyclic) bond motifs is 1. The molecule has 2 atom stereocenters. The Kier molecular flexibility index (Phi) is 5.60. The van der Waals surface area contributed by atoms with E-state index in [1.807, 2.05) is 6.07 Å². The second-order valence-electron chi connectivity index (χ2n) is 7.30. The first-order valence-electron chi connectivity index (χ1n) is 9.22. The van der Waals surface area contributed by atoms with E-state index in [9.17, 15) is 8.42 Å². The minimum absolute atomic E-state index is 0.155. The van der Waals surface area contributed by atoms with Crippen LogP contribution in [0.3, 0.4) is 0 Å². The lowest BCUT2D eigenvalue weighted by atomic mass is 10.1. The zero-order valence-corrected chi connectivity index (χ0v) is 17.8. The normalized spacial score (nSPS) is 22.8. The molecule has 1 aliphatic carbocycles. The lowest BCUT2D eigenvalue weighted by Crippen LogP contribution is -2.50. The van der Waals surface area contributed by atoms with Crippen molar-refractivity contribution >= 4 is 33.0 Å². The Hall–Kier alpha value is -1.31. The van der Waals surface area contributed by atoms with Gasteiger partial charge in [-0.1, -0.05) is 23.2 Å². The molecule has 4 rings (SSSR count).